The average Bonchev–Trinajstić information content (AvgIpc) is 3.32. The lowest BCUT2D eigenvalue weighted by molar-refractivity contribution is -0.140. The molecule has 3 N–H and O–H groups in total. The Bertz CT molecular complexity index is 1610. The molecule has 1 aliphatic heterocycles. The molecule has 0 radical (unpaired) electrons. The number of unbranched alkanes of at least 4 members (excludes halogenated alkanes) is 1. The molecule has 0 aromatic heterocycles. The van der Waals surface area contributed by atoms with Crippen LogP contribution >= 0.6 is 0 Å². The standard InChI is InChI=1S/C37H43N3O8/c1-26(10-9-13-33(42)39(22-23-41)25-27-11-5-4-6-12-27)37(46)31-24-29(38-35(44)28-15-18-30(47-2)19-16-28)17-20-32(31)40(36(37)45)21-8-7-14-34(43)48-3/h4-6,9-12,15-20,24,26,41,46H,7-8,13-14,21-23,25H2,1-3H3,(H,38,44)/b10-9+/t26-,37+/m1/s1. The SMILES string of the molecule is COC(=O)CCCCN1C(=O)[C@](O)([C@H](C)/C=C/CC(=O)N(CCO)Cc2ccccc2)c2cc(NC(=O)c3ccc(OC)cc3)ccc21. The molecule has 0 spiro atoms. The third-order valence-corrected chi connectivity index (χ3v) is 8.43. The highest BCUT2D eigenvalue weighted by atomic mass is 16.5. The number of nitrogens with zero attached hydrogens (tertiary/aromatic N) is 2. The van der Waals surface area contributed by atoms with Crippen molar-refractivity contribution >= 4 is 35.1 Å². The molecule has 0 unspecified atom stereocenters. The maximum Gasteiger partial charge on any atom is 0.305 e. The predicted octanol–water partition coefficient (Wildman–Crippen LogP) is 4.43. The summed E-state index contributed by atoms with van der Waals surface area (Å²) in [5.74, 6) is -1.61. The van der Waals surface area contributed by atoms with Gasteiger partial charge in [-0.2, -0.15) is 0 Å². The molecule has 11 heteroatoms. The largest absolute Gasteiger partial charge is 0.497 e. The molecule has 254 valence electrons. The van der Waals surface area contributed by atoms with Crippen molar-refractivity contribution < 1.29 is 38.9 Å². The summed E-state index contributed by atoms with van der Waals surface area (Å²) in [6, 6.07) is 21.0. The van der Waals surface area contributed by atoms with Gasteiger partial charge in [-0.3, -0.25) is 19.2 Å². The maximum absolute atomic E-state index is 14.0. The molecule has 0 fully saturated rings. The van der Waals surface area contributed by atoms with Crippen molar-refractivity contribution in [1.82, 2.24) is 4.90 Å². The highest BCUT2D eigenvalue weighted by molar-refractivity contribution is 6.09. The summed E-state index contributed by atoms with van der Waals surface area (Å²) >= 11 is 0. The third-order valence-electron chi connectivity index (χ3n) is 8.43. The Labute approximate surface area is 280 Å². The minimum absolute atomic E-state index is 0.00347. The second-order valence-corrected chi connectivity index (χ2v) is 11.6. The summed E-state index contributed by atoms with van der Waals surface area (Å²) in [6.07, 6.45) is 4.46. The molecule has 4 rings (SSSR count). The topological polar surface area (TPSA) is 146 Å². The summed E-state index contributed by atoms with van der Waals surface area (Å²) in [6.45, 7) is 2.28. The van der Waals surface area contributed by atoms with E-state index in [1.54, 1.807) is 66.4 Å². The Hall–Kier alpha value is -5.00. The monoisotopic (exact) mass is 657 g/mol. The van der Waals surface area contributed by atoms with Crippen LogP contribution in [-0.2, 0) is 31.3 Å². The fourth-order valence-electron chi connectivity index (χ4n) is 5.69. The maximum atomic E-state index is 14.0. The van der Waals surface area contributed by atoms with Gasteiger partial charge in [-0.25, -0.2) is 0 Å². The van der Waals surface area contributed by atoms with E-state index in [9.17, 15) is 29.4 Å². The third kappa shape index (κ3) is 8.47. The lowest BCUT2D eigenvalue weighted by Crippen LogP contribution is -2.44. The van der Waals surface area contributed by atoms with E-state index < -0.39 is 17.4 Å². The van der Waals surface area contributed by atoms with Gasteiger partial charge in [0.25, 0.3) is 11.8 Å². The summed E-state index contributed by atoms with van der Waals surface area (Å²) in [5.41, 5.74) is 0.547. The highest BCUT2D eigenvalue weighted by Crippen LogP contribution is 2.46. The van der Waals surface area contributed by atoms with Gasteiger partial charge >= 0.3 is 5.97 Å². The summed E-state index contributed by atoms with van der Waals surface area (Å²) < 4.78 is 9.88. The number of carbonyl (C=O) groups is 4. The molecular formula is C37H43N3O8. The van der Waals surface area contributed by atoms with Gasteiger partial charge in [0.2, 0.25) is 5.91 Å². The number of rotatable bonds is 16. The van der Waals surface area contributed by atoms with Crippen molar-refractivity contribution in [3.63, 3.8) is 0 Å². The average molecular weight is 658 g/mol. The molecule has 48 heavy (non-hydrogen) atoms. The number of carbonyl (C=O) groups excluding carboxylic acids is 4. The number of fused-ring (bicyclic) bond motifs is 1. The molecule has 3 aromatic carbocycles. The number of hydrogen-bond acceptors (Lipinski definition) is 8. The van der Waals surface area contributed by atoms with Crippen LogP contribution in [0.15, 0.2) is 84.9 Å². The number of amides is 3. The van der Waals surface area contributed by atoms with Crippen LogP contribution in [0.5, 0.6) is 5.75 Å². The molecule has 0 aliphatic carbocycles. The molecule has 2 atom stereocenters. The second-order valence-electron chi connectivity index (χ2n) is 11.6. The Kier molecular flexibility index (Phi) is 12.5. The van der Waals surface area contributed by atoms with E-state index in [1.807, 2.05) is 30.3 Å². The smallest absolute Gasteiger partial charge is 0.305 e. The number of esters is 1. The predicted molar refractivity (Wildman–Crippen MR) is 181 cm³/mol. The Morgan fingerprint density at radius 2 is 1.75 bits per heavy atom. The van der Waals surface area contributed by atoms with Crippen molar-refractivity contribution in [2.24, 2.45) is 5.92 Å². The van der Waals surface area contributed by atoms with Gasteiger partial charge in [0.15, 0.2) is 5.60 Å². The number of anilines is 2. The van der Waals surface area contributed by atoms with Crippen LogP contribution in [0.2, 0.25) is 0 Å². The molecule has 0 bridgehead atoms. The first-order valence-corrected chi connectivity index (χ1v) is 15.9. The minimum Gasteiger partial charge on any atom is -0.497 e. The zero-order valence-electron chi connectivity index (χ0n) is 27.6. The summed E-state index contributed by atoms with van der Waals surface area (Å²) in [4.78, 5) is 54.8. The number of ether oxygens (including phenoxy) is 2. The normalized spacial score (nSPS) is 16.0. The van der Waals surface area contributed by atoms with Crippen LogP contribution < -0.4 is 15.0 Å². The molecule has 1 aliphatic rings. The van der Waals surface area contributed by atoms with Gasteiger partial charge in [0.05, 0.1) is 26.5 Å². The molecular weight excluding hydrogens is 614 g/mol. The van der Waals surface area contributed by atoms with E-state index in [0.29, 0.717) is 47.6 Å². The number of methoxy groups -OCH3 is 2. The van der Waals surface area contributed by atoms with E-state index in [4.69, 9.17) is 9.47 Å². The fraction of sp³-hybridized carbons (Fsp3) is 0.351. The van der Waals surface area contributed by atoms with Crippen molar-refractivity contribution in [2.75, 3.05) is 44.1 Å². The summed E-state index contributed by atoms with van der Waals surface area (Å²) in [7, 11) is 2.86. The number of aliphatic hydroxyl groups excluding tert-OH is 1. The van der Waals surface area contributed by atoms with Crippen LogP contribution in [0, 0.1) is 5.92 Å². The van der Waals surface area contributed by atoms with Crippen LogP contribution in [-0.4, -0.2) is 72.7 Å². The van der Waals surface area contributed by atoms with E-state index in [2.05, 4.69) is 5.32 Å². The molecule has 11 nitrogen and oxygen atoms in total. The minimum atomic E-state index is -1.99. The van der Waals surface area contributed by atoms with Gasteiger partial charge in [-0.05, 0) is 60.9 Å². The Morgan fingerprint density at radius 3 is 2.42 bits per heavy atom. The lowest BCUT2D eigenvalue weighted by Gasteiger charge is -2.28. The number of benzene rings is 3. The number of hydrogen-bond donors (Lipinski definition) is 3. The zero-order chi connectivity index (χ0) is 34.7. The number of aliphatic hydroxyl groups is 2. The summed E-state index contributed by atoms with van der Waals surface area (Å²) in [5, 5.41) is 24.5. The van der Waals surface area contributed by atoms with E-state index in [1.165, 1.54) is 19.1 Å². The van der Waals surface area contributed by atoms with Crippen LogP contribution in [0.25, 0.3) is 0 Å². The van der Waals surface area contributed by atoms with Gasteiger partial charge in [-0.15, -0.1) is 0 Å². The first-order valence-electron chi connectivity index (χ1n) is 15.9. The van der Waals surface area contributed by atoms with E-state index in [0.717, 1.165) is 5.56 Å². The first kappa shape index (κ1) is 35.8. The van der Waals surface area contributed by atoms with E-state index >= 15 is 0 Å². The molecule has 3 aromatic rings. The van der Waals surface area contributed by atoms with Gasteiger partial charge in [-0.1, -0.05) is 49.4 Å². The van der Waals surface area contributed by atoms with Gasteiger partial charge < -0.3 is 34.8 Å². The van der Waals surface area contributed by atoms with Crippen molar-refractivity contribution in [1.29, 1.82) is 0 Å². The Balaban J connectivity index is 1.55. The van der Waals surface area contributed by atoms with Crippen molar-refractivity contribution in [2.45, 2.75) is 44.8 Å². The number of nitrogens with one attached hydrogen (secondary N) is 1. The molecule has 1 heterocycles. The van der Waals surface area contributed by atoms with Gasteiger partial charge in [0.1, 0.15) is 5.75 Å². The van der Waals surface area contributed by atoms with Crippen molar-refractivity contribution in [3.8, 4) is 5.75 Å². The van der Waals surface area contributed by atoms with Crippen LogP contribution in [0.4, 0.5) is 11.4 Å². The molecule has 0 saturated carbocycles. The van der Waals surface area contributed by atoms with Crippen molar-refractivity contribution in [3.05, 3.63) is 102 Å². The quantitative estimate of drug-likeness (QED) is 0.117. The zero-order valence-corrected chi connectivity index (χ0v) is 27.6. The van der Waals surface area contributed by atoms with Gasteiger partial charge in [0, 0.05) is 55.2 Å². The Morgan fingerprint density at radius 1 is 1.02 bits per heavy atom. The molecule has 3 amide bonds. The van der Waals surface area contributed by atoms with Crippen LogP contribution in [0.3, 0.4) is 0 Å². The fourth-order valence-corrected chi connectivity index (χ4v) is 5.69. The second kappa shape index (κ2) is 16.7. The van der Waals surface area contributed by atoms with E-state index in [-0.39, 0.29) is 50.3 Å². The van der Waals surface area contributed by atoms with Crippen LogP contribution in [0.1, 0.15) is 54.1 Å². The highest BCUT2D eigenvalue weighted by Gasteiger charge is 2.52. The molecule has 0 saturated heterocycles. The first-order chi connectivity index (χ1) is 23.1. The lowest BCUT2D eigenvalue weighted by atomic mass is 9.82.